The number of H-pyrrole nitrogens is 1. The van der Waals surface area contributed by atoms with Crippen LogP contribution in [0.25, 0.3) is 20.7 Å². The third-order valence-corrected chi connectivity index (χ3v) is 4.72. The van der Waals surface area contributed by atoms with Crippen LogP contribution in [0.1, 0.15) is 12.6 Å². The van der Waals surface area contributed by atoms with Crippen LogP contribution in [0.3, 0.4) is 0 Å². The highest BCUT2D eigenvalue weighted by atomic mass is 79.9. The summed E-state index contributed by atoms with van der Waals surface area (Å²) in [6.45, 7) is 3.42. The van der Waals surface area contributed by atoms with Crippen molar-refractivity contribution in [1.29, 1.82) is 0 Å². The number of imidazole rings is 1. The zero-order valence-corrected chi connectivity index (χ0v) is 13.4. The second kappa shape index (κ2) is 5.03. The zero-order valence-electron chi connectivity index (χ0n) is 11.0. The van der Waals surface area contributed by atoms with Gasteiger partial charge in [-0.2, -0.15) is 0 Å². The molecule has 3 rings (SSSR count). The summed E-state index contributed by atoms with van der Waals surface area (Å²) < 4.78 is 2.28. The lowest BCUT2D eigenvalue weighted by atomic mass is 10.2. The lowest BCUT2D eigenvalue weighted by molar-refractivity contribution is -0.114. The molecule has 4 nitrogen and oxygen atoms in total. The Balaban J connectivity index is 2.08. The van der Waals surface area contributed by atoms with Crippen LogP contribution >= 0.6 is 27.3 Å². The number of fused-ring (bicyclic) bond motifs is 1. The molecule has 0 unspecified atom stereocenters. The molecule has 0 aliphatic carbocycles. The molecule has 0 radical (unpaired) electrons. The minimum atomic E-state index is -0.135. The second-order valence-electron chi connectivity index (χ2n) is 4.50. The summed E-state index contributed by atoms with van der Waals surface area (Å²) in [6.07, 6.45) is 0. The number of aromatic amines is 1. The molecule has 20 heavy (non-hydrogen) atoms. The first kappa shape index (κ1) is 13.3. The van der Waals surface area contributed by atoms with E-state index < -0.39 is 0 Å². The zero-order chi connectivity index (χ0) is 14.3. The van der Waals surface area contributed by atoms with Gasteiger partial charge in [0.15, 0.2) is 0 Å². The number of aromatic nitrogens is 2. The molecule has 0 bridgehead atoms. The Kier molecular flexibility index (Phi) is 3.35. The number of halogens is 1. The Morgan fingerprint density at radius 2 is 2.25 bits per heavy atom. The van der Waals surface area contributed by atoms with Crippen LogP contribution in [0.15, 0.2) is 28.7 Å². The molecule has 1 amide bonds. The van der Waals surface area contributed by atoms with E-state index in [1.165, 1.54) is 17.0 Å². The molecule has 0 spiro atoms. The molecular formula is C14H12BrN3OS. The minimum Gasteiger partial charge on any atom is -0.327 e. The predicted octanol–water partition coefficient (Wildman–Crippen LogP) is 4.32. The quantitative estimate of drug-likeness (QED) is 0.723. The normalized spacial score (nSPS) is 10.9. The number of anilines is 1. The van der Waals surface area contributed by atoms with Crippen LogP contribution in [-0.2, 0) is 4.79 Å². The minimum absolute atomic E-state index is 0.135. The highest BCUT2D eigenvalue weighted by molar-refractivity contribution is 9.10. The van der Waals surface area contributed by atoms with E-state index in [2.05, 4.69) is 43.3 Å². The third-order valence-electron chi connectivity index (χ3n) is 2.92. The molecule has 6 heteroatoms. The van der Waals surface area contributed by atoms with E-state index >= 15 is 0 Å². The summed E-state index contributed by atoms with van der Waals surface area (Å²) in [5.41, 5.74) is 1.82. The molecule has 0 saturated heterocycles. The van der Waals surface area contributed by atoms with Crippen molar-refractivity contribution in [2.75, 3.05) is 5.32 Å². The summed E-state index contributed by atoms with van der Waals surface area (Å²) >= 11 is 5.25. The summed E-state index contributed by atoms with van der Waals surface area (Å²) in [4.78, 5) is 19.7. The van der Waals surface area contributed by atoms with E-state index in [0.29, 0.717) is 5.95 Å². The van der Waals surface area contributed by atoms with Gasteiger partial charge < -0.3 is 4.98 Å². The monoisotopic (exact) mass is 349 g/mol. The maximum atomic E-state index is 11.1. The fourth-order valence-electron chi connectivity index (χ4n) is 2.07. The van der Waals surface area contributed by atoms with Gasteiger partial charge in [0, 0.05) is 27.2 Å². The average Bonchev–Trinajstić information content (AvgIpc) is 2.93. The van der Waals surface area contributed by atoms with E-state index in [4.69, 9.17) is 0 Å². The van der Waals surface area contributed by atoms with E-state index in [9.17, 15) is 4.79 Å². The molecule has 2 aromatic heterocycles. The van der Waals surface area contributed by atoms with Gasteiger partial charge in [-0.05, 0) is 25.1 Å². The van der Waals surface area contributed by atoms with Gasteiger partial charge in [-0.1, -0.05) is 22.0 Å². The topological polar surface area (TPSA) is 57.8 Å². The van der Waals surface area contributed by atoms with Crippen LogP contribution in [0.2, 0.25) is 0 Å². The maximum absolute atomic E-state index is 11.1. The highest BCUT2D eigenvalue weighted by Gasteiger charge is 2.13. The lowest BCUT2D eigenvalue weighted by Gasteiger charge is -1.93. The number of nitrogens with zero attached hydrogens (tertiary/aromatic N) is 1. The van der Waals surface area contributed by atoms with Gasteiger partial charge >= 0.3 is 0 Å². The van der Waals surface area contributed by atoms with E-state index in [1.54, 1.807) is 11.3 Å². The van der Waals surface area contributed by atoms with Crippen molar-refractivity contribution in [3.05, 3.63) is 34.4 Å². The van der Waals surface area contributed by atoms with Crippen LogP contribution < -0.4 is 5.32 Å². The van der Waals surface area contributed by atoms with Gasteiger partial charge in [-0.15, -0.1) is 11.3 Å². The number of amides is 1. The molecule has 0 atom stereocenters. The Morgan fingerprint density at radius 1 is 1.45 bits per heavy atom. The molecule has 0 saturated carbocycles. The number of carbonyl (C=O) groups excluding carboxylic acids is 1. The largest absolute Gasteiger partial charge is 0.327 e. The van der Waals surface area contributed by atoms with E-state index in [1.807, 2.05) is 19.1 Å². The van der Waals surface area contributed by atoms with Crippen molar-refractivity contribution >= 4 is 49.2 Å². The molecule has 102 valence electrons. The van der Waals surface area contributed by atoms with Crippen molar-refractivity contribution < 1.29 is 4.79 Å². The summed E-state index contributed by atoms with van der Waals surface area (Å²) in [5.74, 6) is 0.353. The molecule has 0 aliphatic rings. The number of hydrogen-bond donors (Lipinski definition) is 2. The number of nitrogens with one attached hydrogen (secondary N) is 2. The Morgan fingerprint density at radius 3 is 2.95 bits per heavy atom. The third kappa shape index (κ3) is 2.36. The lowest BCUT2D eigenvalue weighted by Crippen LogP contribution is -2.06. The first-order valence-corrected chi connectivity index (χ1v) is 7.68. The van der Waals surface area contributed by atoms with Crippen LogP contribution in [0.4, 0.5) is 5.95 Å². The van der Waals surface area contributed by atoms with Gasteiger partial charge in [0.25, 0.3) is 0 Å². The predicted molar refractivity (Wildman–Crippen MR) is 86.1 cm³/mol. The Hall–Kier alpha value is -1.66. The molecular weight excluding hydrogens is 338 g/mol. The van der Waals surface area contributed by atoms with Gasteiger partial charge in [-0.3, -0.25) is 10.1 Å². The second-order valence-corrected chi connectivity index (χ2v) is 6.44. The van der Waals surface area contributed by atoms with Crippen molar-refractivity contribution in [3.8, 4) is 10.6 Å². The van der Waals surface area contributed by atoms with Crippen molar-refractivity contribution in [1.82, 2.24) is 9.97 Å². The molecule has 1 aromatic carbocycles. The van der Waals surface area contributed by atoms with Crippen LogP contribution in [0, 0.1) is 6.92 Å². The standard InChI is InChI=1S/C14H12BrN3OS/c1-7-13(18-14(16-7)17-8(2)19)12-6-9-10(15)4-3-5-11(9)20-12/h3-6H,1-2H3,(H2,16,17,18,19). The SMILES string of the molecule is CC(=O)Nc1nc(-c2cc3c(Br)cccc3s2)c(C)[nH]1. The van der Waals surface area contributed by atoms with Gasteiger partial charge in [0.05, 0.1) is 4.88 Å². The summed E-state index contributed by atoms with van der Waals surface area (Å²) in [5, 5.41) is 3.85. The number of aryl methyl sites for hydroxylation is 1. The number of benzene rings is 1. The first-order chi connectivity index (χ1) is 9.54. The number of rotatable bonds is 2. The van der Waals surface area contributed by atoms with Crippen LogP contribution in [-0.4, -0.2) is 15.9 Å². The van der Waals surface area contributed by atoms with E-state index in [0.717, 1.165) is 20.7 Å². The van der Waals surface area contributed by atoms with E-state index in [-0.39, 0.29) is 5.91 Å². The number of carbonyl (C=O) groups is 1. The smallest absolute Gasteiger partial charge is 0.223 e. The number of hydrogen-bond acceptors (Lipinski definition) is 3. The Labute approximate surface area is 128 Å². The van der Waals surface area contributed by atoms with Crippen molar-refractivity contribution in [2.24, 2.45) is 0 Å². The molecule has 0 aliphatic heterocycles. The first-order valence-electron chi connectivity index (χ1n) is 6.07. The fraction of sp³-hybridized carbons (Fsp3) is 0.143. The van der Waals surface area contributed by atoms with Crippen molar-refractivity contribution in [3.63, 3.8) is 0 Å². The summed E-state index contributed by atoms with van der Waals surface area (Å²) in [6, 6.07) is 8.25. The average molecular weight is 350 g/mol. The highest BCUT2D eigenvalue weighted by Crippen LogP contribution is 2.37. The van der Waals surface area contributed by atoms with Crippen molar-refractivity contribution in [2.45, 2.75) is 13.8 Å². The Bertz CT molecular complexity index is 806. The van der Waals surface area contributed by atoms with Gasteiger partial charge in [0.2, 0.25) is 11.9 Å². The maximum Gasteiger partial charge on any atom is 0.223 e. The number of thiophene rings is 1. The van der Waals surface area contributed by atoms with Gasteiger partial charge in [-0.25, -0.2) is 4.98 Å². The fourth-order valence-corrected chi connectivity index (χ4v) is 3.81. The molecule has 0 fully saturated rings. The molecule has 2 heterocycles. The molecule has 3 aromatic rings. The van der Waals surface area contributed by atoms with Crippen LogP contribution in [0.5, 0.6) is 0 Å². The molecule has 2 N–H and O–H groups in total. The van der Waals surface area contributed by atoms with Gasteiger partial charge in [0.1, 0.15) is 5.69 Å². The summed E-state index contributed by atoms with van der Waals surface area (Å²) in [7, 11) is 0.